The number of para-hydroxylation sites is 2. The molecule has 0 atom stereocenters. The number of benzene rings is 2. The van der Waals surface area contributed by atoms with Gasteiger partial charge in [0.2, 0.25) is 0 Å². The number of nitrogens with zero attached hydrogens (tertiary/aromatic N) is 4. The number of nitro benzene ring substituents is 2. The number of anilines is 2. The maximum absolute atomic E-state index is 11.8. The Morgan fingerprint density at radius 2 is 1.43 bits per heavy atom. The van der Waals surface area contributed by atoms with Gasteiger partial charge >= 0.3 is 5.97 Å². The molecule has 1 fully saturated rings. The van der Waals surface area contributed by atoms with Gasteiger partial charge in [0.25, 0.3) is 11.4 Å². The zero-order valence-corrected chi connectivity index (χ0v) is 15.1. The summed E-state index contributed by atoms with van der Waals surface area (Å²) in [5.74, 6) is -0.574. The van der Waals surface area contributed by atoms with Crippen LogP contribution in [-0.4, -0.2) is 49.1 Å². The molecule has 0 spiro atoms. The first kappa shape index (κ1) is 19.1. The molecule has 10 heteroatoms. The Bertz CT molecular complexity index is 924. The Kier molecular flexibility index (Phi) is 5.39. The highest BCUT2D eigenvalue weighted by molar-refractivity contribution is 5.91. The maximum atomic E-state index is 11.8. The summed E-state index contributed by atoms with van der Waals surface area (Å²) in [5.41, 5.74) is 0.991. The second-order valence-corrected chi connectivity index (χ2v) is 6.17. The molecule has 0 unspecified atom stereocenters. The van der Waals surface area contributed by atoms with Crippen molar-refractivity contribution in [2.75, 3.05) is 43.1 Å². The molecule has 2 aromatic rings. The van der Waals surface area contributed by atoms with Crippen molar-refractivity contribution in [2.45, 2.75) is 0 Å². The van der Waals surface area contributed by atoms with Gasteiger partial charge in [-0.2, -0.15) is 0 Å². The van der Waals surface area contributed by atoms with Crippen molar-refractivity contribution < 1.29 is 19.4 Å². The minimum absolute atomic E-state index is 0.0228. The van der Waals surface area contributed by atoms with E-state index in [4.69, 9.17) is 4.74 Å². The van der Waals surface area contributed by atoms with E-state index < -0.39 is 15.8 Å². The van der Waals surface area contributed by atoms with Crippen molar-refractivity contribution in [3.05, 3.63) is 68.3 Å². The molecule has 1 aliphatic rings. The summed E-state index contributed by atoms with van der Waals surface area (Å²) in [6.07, 6.45) is 0. The first-order chi connectivity index (χ1) is 13.4. The minimum Gasteiger partial charge on any atom is -0.465 e. The lowest BCUT2D eigenvalue weighted by Crippen LogP contribution is -2.47. The summed E-state index contributed by atoms with van der Waals surface area (Å²) >= 11 is 0. The topological polar surface area (TPSA) is 119 Å². The Morgan fingerprint density at radius 1 is 0.893 bits per heavy atom. The van der Waals surface area contributed by atoms with E-state index in [2.05, 4.69) is 0 Å². The summed E-state index contributed by atoms with van der Waals surface area (Å²) in [7, 11) is 1.24. The summed E-state index contributed by atoms with van der Waals surface area (Å²) in [4.78, 5) is 37.2. The van der Waals surface area contributed by atoms with E-state index in [1.807, 2.05) is 4.90 Å². The number of carbonyl (C=O) groups is 1. The van der Waals surface area contributed by atoms with Crippen molar-refractivity contribution in [1.82, 2.24) is 0 Å². The standard InChI is InChI=1S/C18H18N4O6/c1-28-18(23)13-6-7-16(22(26)27)17(12-13)20-10-8-19(9-11-20)14-4-2-3-5-15(14)21(24)25/h2-7,12H,8-11H2,1H3. The molecule has 1 saturated heterocycles. The molecule has 0 radical (unpaired) electrons. The predicted molar refractivity (Wildman–Crippen MR) is 102 cm³/mol. The van der Waals surface area contributed by atoms with Gasteiger partial charge in [-0.05, 0) is 18.2 Å². The van der Waals surface area contributed by atoms with E-state index in [0.29, 0.717) is 37.6 Å². The van der Waals surface area contributed by atoms with Crippen molar-refractivity contribution in [3.63, 3.8) is 0 Å². The van der Waals surface area contributed by atoms with Crippen LogP contribution in [0, 0.1) is 20.2 Å². The fourth-order valence-corrected chi connectivity index (χ4v) is 3.25. The zero-order valence-electron chi connectivity index (χ0n) is 15.1. The van der Waals surface area contributed by atoms with Crippen LogP contribution in [0.25, 0.3) is 0 Å². The van der Waals surface area contributed by atoms with E-state index in [1.54, 1.807) is 23.1 Å². The molecule has 0 saturated carbocycles. The van der Waals surface area contributed by atoms with Crippen molar-refractivity contribution in [1.29, 1.82) is 0 Å². The van der Waals surface area contributed by atoms with Crippen molar-refractivity contribution in [3.8, 4) is 0 Å². The van der Waals surface area contributed by atoms with Crippen LogP contribution in [0.2, 0.25) is 0 Å². The number of carbonyl (C=O) groups excluding carboxylic acids is 1. The molecular formula is C18H18N4O6. The molecule has 1 heterocycles. The highest BCUT2D eigenvalue weighted by Crippen LogP contribution is 2.33. The summed E-state index contributed by atoms with van der Waals surface area (Å²) in [6.45, 7) is 1.73. The van der Waals surface area contributed by atoms with E-state index in [0.717, 1.165) is 0 Å². The lowest BCUT2D eigenvalue weighted by molar-refractivity contribution is -0.384. The van der Waals surface area contributed by atoms with Gasteiger partial charge in [-0.3, -0.25) is 20.2 Å². The second-order valence-electron chi connectivity index (χ2n) is 6.17. The SMILES string of the molecule is COC(=O)c1ccc([N+](=O)[O-])c(N2CCN(c3ccccc3[N+](=O)[O-])CC2)c1. The summed E-state index contributed by atoms with van der Waals surface area (Å²) in [5, 5.41) is 22.6. The second kappa shape index (κ2) is 7.91. The minimum atomic E-state index is -0.574. The van der Waals surface area contributed by atoms with Crippen LogP contribution in [-0.2, 0) is 4.74 Å². The summed E-state index contributed by atoms with van der Waals surface area (Å²) < 4.78 is 4.69. The summed E-state index contributed by atoms with van der Waals surface area (Å²) in [6, 6.07) is 10.6. The molecule has 1 aliphatic heterocycles. The molecule has 0 bridgehead atoms. The first-order valence-corrected chi connectivity index (χ1v) is 8.52. The monoisotopic (exact) mass is 386 g/mol. The van der Waals surface area contributed by atoms with Gasteiger partial charge in [-0.15, -0.1) is 0 Å². The van der Waals surface area contributed by atoms with E-state index >= 15 is 0 Å². The Hall–Kier alpha value is -3.69. The smallest absolute Gasteiger partial charge is 0.337 e. The van der Waals surface area contributed by atoms with Gasteiger partial charge in [-0.1, -0.05) is 12.1 Å². The molecule has 0 aromatic heterocycles. The van der Waals surface area contributed by atoms with Crippen LogP contribution in [0.5, 0.6) is 0 Å². The average Bonchev–Trinajstić information content (AvgIpc) is 2.72. The van der Waals surface area contributed by atoms with Crippen LogP contribution >= 0.6 is 0 Å². The van der Waals surface area contributed by atoms with Gasteiger partial charge in [0.15, 0.2) is 0 Å². The number of esters is 1. The normalized spacial score (nSPS) is 13.9. The number of methoxy groups -OCH3 is 1. The Morgan fingerprint density at radius 3 is 2.00 bits per heavy atom. The number of hydrogen-bond donors (Lipinski definition) is 0. The third-order valence-electron chi connectivity index (χ3n) is 4.63. The van der Waals surface area contributed by atoms with E-state index in [9.17, 15) is 25.0 Å². The van der Waals surface area contributed by atoms with Crippen molar-refractivity contribution in [2.24, 2.45) is 0 Å². The maximum Gasteiger partial charge on any atom is 0.337 e. The lowest BCUT2D eigenvalue weighted by atomic mass is 10.1. The molecule has 28 heavy (non-hydrogen) atoms. The molecule has 2 aromatic carbocycles. The van der Waals surface area contributed by atoms with Gasteiger partial charge in [0.1, 0.15) is 11.4 Å². The van der Waals surface area contributed by atoms with Crippen molar-refractivity contribution >= 4 is 28.7 Å². The fraction of sp³-hybridized carbons (Fsp3) is 0.278. The molecule has 0 N–H and O–H groups in total. The van der Waals surface area contributed by atoms with Crippen LogP contribution in [0.15, 0.2) is 42.5 Å². The van der Waals surface area contributed by atoms with Crippen LogP contribution < -0.4 is 9.80 Å². The van der Waals surface area contributed by atoms with E-state index in [-0.39, 0.29) is 16.9 Å². The van der Waals surface area contributed by atoms with Gasteiger partial charge in [0.05, 0.1) is 22.5 Å². The molecule has 146 valence electrons. The number of ether oxygens (including phenoxy) is 1. The van der Waals surface area contributed by atoms with Crippen LogP contribution in [0.4, 0.5) is 22.7 Å². The van der Waals surface area contributed by atoms with E-state index in [1.165, 1.54) is 31.4 Å². The largest absolute Gasteiger partial charge is 0.465 e. The van der Waals surface area contributed by atoms with Crippen LogP contribution in [0.1, 0.15) is 10.4 Å². The molecule has 10 nitrogen and oxygen atoms in total. The third-order valence-corrected chi connectivity index (χ3v) is 4.63. The molecular weight excluding hydrogens is 368 g/mol. The van der Waals surface area contributed by atoms with Gasteiger partial charge in [0, 0.05) is 38.3 Å². The first-order valence-electron chi connectivity index (χ1n) is 8.52. The Labute approximate surface area is 160 Å². The highest BCUT2D eigenvalue weighted by atomic mass is 16.6. The average molecular weight is 386 g/mol. The molecule has 0 amide bonds. The number of rotatable bonds is 5. The Balaban J connectivity index is 1.84. The number of nitro groups is 2. The third kappa shape index (κ3) is 3.70. The predicted octanol–water partition coefficient (Wildman–Crippen LogP) is 2.62. The zero-order chi connectivity index (χ0) is 20.3. The number of hydrogen-bond acceptors (Lipinski definition) is 8. The molecule has 0 aliphatic carbocycles. The van der Waals surface area contributed by atoms with Gasteiger partial charge in [-0.25, -0.2) is 4.79 Å². The van der Waals surface area contributed by atoms with Crippen LogP contribution in [0.3, 0.4) is 0 Å². The number of piperazine rings is 1. The quantitative estimate of drug-likeness (QED) is 0.437. The highest BCUT2D eigenvalue weighted by Gasteiger charge is 2.27. The molecule has 3 rings (SSSR count). The lowest BCUT2D eigenvalue weighted by Gasteiger charge is -2.36. The fourth-order valence-electron chi connectivity index (χ4n) is 3.25. The van der Waals surface area contributed by atoms with Gasteiger partial charge < -0.3 is 14.5 Å².